The summed E-state index contributed by atoms with van der Waals surface area (Å²) in [4.78, 5) is 68.9. The van der Waals surface area contributed by atoms with Crippen LogP contribution in [0.2, 0.25) is 0 Å². The predicted molar refractivity (Wildman–Crippen MR) is 323 cm³/mol. The van der Waals surface area contributed by atoms with Gasteiger partial charge in [-0.3, -0.25) is 19.2 Å². The number of aromatic nitrogens is 2. The number of ether oxygens (including phenoxy) is 8. The highest BCUT2D eigenvalue weighted by Gasteiger charge is 2.33. The number of anilines is 4. The molecule has 20 heteroatoms. The summed E-state index contributed by atoms with van der Waals surface area (Å²) in [7, 11) is 12.1. The number of aromatic amines is 2. The smallest absolute Gasteiger partial charge is 0.253 e. The third-order valence-corrected chi connectivity index (χ3v) is 14.9. The molecule has 7 N–H and O–H groups in total. The number of aliphatic imine (C=N–C) groups is 1. The molecular weight excluding hydrogens is 1070 g/mol. The molecule has 0 radical (unpaired) electrons. The van der Waals surface area contributed by atoms with Crippen molar-refractivity contribution < 1.29 is 57.1 Å². The van der Waals surface area contributed by atoms with Gasteiger partial charge in [0.2, 0.25) is 0 Å². The van der Waals surface area contributed by atoms with Crippen LogP contribution in [0.1, 0.15) is 61.3 Å². The van der Waals surface area contributed by atoms with Gasteiger partial charge in [-0.25, -0.2) is 4.99 Å². The minimum atomic E-state index is -0.859. The molecule has 3 aliphatic rings. The number of nitrogens with one attached hydrogen (secondary N) is 7. The Morgan fingerprint density at radius 1 is 0.440 bits per heavy atom. The van der Waals surface area contributed by atoms with Crippen molar-refractivity contribution in [1.82, 2.24) is 15.3 Å². The molecule has 1 unspecified atom stereocenters. The van der Waals surface area contributed by atoms with Crippen molar-refractivity contribution in [2.75, 3.05) is 78.1 Å². The summed E-state index contributed by atoms with van der Waals surface area (Å²) in [6.45, 7) is 6.55. The summed E-state index contributed by atoms with van der Waals surface area (Å²) in [5.74, 6) is 0.154. The van der Waals surface area contributed by atoms with Gasteiger partial charge in [0.25, 0.3) is 23.6 Å². The number of fused-ring (bicyclic) bond motifs is 7. The number of nitrogens with zero attached hydrogens (tertiary/aromatic N) is 1. The number of carbonyl (C=O) groups excluding carboxylic acids is 4. The summed E-state index contributed by atoms with van der Waals surface area (Å²) in [6.07, 6.45) is 4.24. The zero-order chi connectivity index (χ0) is 59.9. The van der Waals surface area contributed by atoms with Crippen LogP contribution in [0.4, 0.5) is 22.7 Å². The van der Waals surface area contributed by atoms with Crippen molar-refractivity contribution in [3.05, 3.63) is 177 Å². The molecule has 8 bridgehead atoms. The fraction of sp³-hybridized carbons (Fsp3) is 0.266. The lowest BCUT2D eigenvalue weighted by Gasteiger charge is -2.24. The van der Waals surface area contributed by atoms with Crippen molar-refractivity contribution in [2.24, 2.45) is 4.99 Å². The Balaban J connectivity index is 1.47. The first-order valence-electron chi connectivity index (χ1n) is 27.0. The van der Waals surface area contributed by atoms with E-state index in [1.165, 1.54) is 28.4 Å². The van der Waals surface area contributed by atoms with Gasteiger partial charge in [0.15, 0.2) is 0 Å². The Bertz CT molecular complexity index is 3720. The largest absolute Gasteiger partial charge is 0.496 e. The van der Waals surface area contributed by atoms with Crippen LogP contribution in [0.3, 0.4) is 0 Å². The van der Waals surface area contributed by atoms with Crippen LogP contribution in [0.15, 0.2) is 138 Å². The van der Waals surface area contributed by atoms with Crippen LogP contribution in [0.5, 0.6) is 23.0 Å². The molecule has 2 aromatic heterocycles. The Morgan fingerprint density at radius 2 is 0.845 bits per heavy atom. The van der Waals surface area contributed by atoms with Gasteiger partial charge in [0.1, 0.15) is 47.4 Å². The lowest BCUT2D eigenvalue weighted by atomic mass is 9.95. The fourth-order valence-electron chi connectivity index (χ4n) is 10.1. The minimum Gasteiger partial charge on any atom is -0.496 e. The van der Waals surface area contributed by atoms with Gasteiger partial charge in [-0.2, -0.15) is 0 Å². The summed E-state index contributed by atoms with van der Waals surface area (Å²) >= 11 is 0. The monoisotopic (exact) mass is 1140 g/mol. The van der Waals surface area contributed by atoms with E-state index in [1.807, 2.05) is 85.0 Å². The Labute approximate surface area is 486 Å². The number of benzene rings is 4. The third kappa shape index (κ3) is 11.6. The molecule has 0 fully saturated rings. The number of H-pyrrole nitrogens is 2. The normalized spacial score (nSPS) is 18.9. The molecule has 3 aliphatic heterocycles. The average molecular weight is 1140 g/mol. The Hall–Kier alpha value is -9.47. The Kier molecular flexibility index (Phi) is 18.1. The maximum absolute atomic E-state index is 14.0. The molecule has 0 spiro atoms. The van der Waals surface area contributed by atoms with Crippen LogP contribution in [-0.2, 0) is 38.1 Å². The molecule has 4 amide bonds. The second-order valence-corrected chi connectivity index (χ2v) is 19.7. The van der Waals surface area contributed by atoms with E-state index in [9.17, 15) is 19.2 Å². The van der Waals surface area contributed by atoms with Crippen LogP contribution in [0.25, 0.3) is 22.3 Å². The van der Waals surface area contributed by atoms with E-state index in [1.54, 1.807) is 92.5 Å². The van der Waals surface area contributed by atoms with E-state index in [-0.39, 0.29) is 0 Å². The number of allylic oxidation sites excluding steroid dienone is 3. The zero-order valence-corrected chi connectivity index (χ0v) is 48.8. The highest BCUT2D eigenvalue weighted by atomic mass is 16.5. The van der Waals surface area contributed by atoms with Gasteiger partial charge in [0, 0.05) is 89.6 Å². The molecule has 4 aromatic carbocycles. The number of amides is 4. The third-order valence-electron chi connectivity index (χ3n) is 14.9. The number of rotatable bonds is 20. The van der Waals surface area contributed by atoms with Crippen molar-refractivity contribution in [2.45, 2.75) is 58.2 Å². The summed E-state index contributed by atoms with van der Waals surface area (Å²) in [5, 5.41) is 17.3. The summed E-state index contributed by atoms with van der Waals surface area (Å²) in [6, 6.07) is 28.4. The summed E-state index contributed by atoms with van der Waals surface area (Å²) in [5.41, 5.74) is 8.10. The molecular formula is C64H68N8O12. The van der Waals surface area contributed by atoms with E-state index in [2.05, 4.69) is 36.6 Å². The molecule has 20 nitrogen and oxygen atoms in total. The Morgan fingerprint density at radius 3 is 1.29 bits per heavy atom. The van der Waals surface area contributed by atoms with E-state index < -0.39 is 54.1 Å². The van der Waals surface area contributed by atoms with Crippen LogP contribution in [-0.4, -0.2) is 127 Å². The van der Waals surface area contributed by atoms with Crippen LogP contribution < -0.4 is 56.2 Å². The first-order chi connectivity index (χ1) is 40.6. The lowest BCUT2D eigenvalue weighted by molar-refractivity contribution is -0.125. The molecule has 0 saturated carbocycles. The lowest BCUT2D eigenvalue weighted by Crippen LogP contribution is -2.31. The quantitative estimate of drug-likeness (QED) is 0.0393. The van der Waals surface area contributed by atoms with Gasteiger partial charge in [-0.1, -0.05) is 30.3 Å². The van der Waals surface area contributed by atoms with Gasteiger partial charge in [-0.05, 0) is 119 Å². The van der Waals surface area contributed by atoms with Crippen molar-refractivity contribution in [1.29, 1.82) is 0 Å². The topological polar surface area (TPSA) is 246 Å². The molecule has 0 aliphatic carbocycles. The van der Waals surface area contributed by atoms with E-state index >= 15 is 0 Å². The molecule has 5 heterocycles. The van der Waals surface area contributed by atoms with Gasteiger partial charge >= 0.3 is 0 Å². The molecule has 9 rings (SSSR count). The molecule has 84 heavy (non-hydrogen) atoms. The van der Waals surface area contributed by atoms with E-state index in [0.717, 1.165) is 0 Å². The second kappa shape index (κ2) is 25.8. The first kappa shape index (κ1) is 59.2. The number of carbonyl (C=O) groups is 4. The minimum absolute atomic E-state index is 0.333. The highest BCUT2D eigenvalue weighted by Crippen LogP contribution is 2.46. The highest BCUT2D eigenvalue weighted by molar-refractivity contribution is 6.33. The predicted octanol–water partition coefficient (Wildman–Crippen LogP) is 7.44. The molecule has 0 saturated heterocycles. The number of hydrogen-bond donors (Lipinski definition) is 7. The van der Waals surface area contributed by atoms with Crippen LogP contribution >= 0.6 is 0 Å². The van der Waals surface area contributed by atoms with Crippen molar-refractivity contribution in [3.63, 3.8) is 0 Å². The second-order valence-electron chi connectivity index (χ2n) is 19.7. The van der Waals surface area contributed by atoms with Crippen LogP contribution in [0, 0.1) is 0 Å². The van der Waals surface area contributed by atoms with Gasteiger partial charge in [-0.15, -0.1) is 0 Å². The maximum Gasteiger partial charge on any atom is 0.253 e. The SMILES string of the molecule is COc1cccc(OC)c1/C1=C2\C=CC(=N2)/C(c2c(NC(=O)[C@H](C)OC)cccc2NC(=O)[C@@H](C)OC)=c2/cc/c([nH]2)=C(\c2c(OC)cccc2OC)C2C=C/C(=C(\c3c(NC(=O)[C@H](C)OC)cccc3NC(=O)[C@@H](C)OC)c3ccc1[nH]3)N2. The summed E-state index contributed by atoms with van der Waals surface area (Å²) < 4.78 is 46.4. The molecule has 5 atom stereocenters. The number of methoxy groups -OCH3 is 8. The maximum atomic E-state index is 14.0. The molecule has 6 aromatic rings. The van der Waals surface area contributed by atoms with E-state index in [4.69, 9.17) is 42.9 Å². The fourth-order valence-corrected chi connectivity index (χ4v) is 10.1. The van der Waals surface area contributed by atoms with Gasteiger partial charge in [0.05, 0.1) is 79.8 Å². The molecule has 436 valence electrons. The zero-order valence-electron chi connectivity index (χ0n) is 48.8. The standard InChI is InChI=1S/C64H68N8O12/c1-33(77-5)61(73)69-37-17-13-18-38(70-62(74)34(2)78-6)53(37)55-41-25-29-45(65-41)57(59-49(81-9)21-15-22-50(59)82-10)47-31-27-43(67-47)56(54-39(71-63(75)35(3)79-7)19-14-20-40(54)72-64(76)36(4)80-8)44-28-32-48(68-44)58(46-30-26-42(55)66-46)60-51(83-11)23-16-24-52(60)84-12/h13-36,45,65-67H,1-12H3,(H,69,73)(H,70,74)(H,71,75)(H,72,76)/b55-41+,56-43+,57-47+,58-48+/t33-,34+,35-,36+,45?. The first-order valence-corrected chi connectivity index (χ1v) is 27.0. The number of hydrogen-bond acceptors (Lipinski definition) is 14. The van der Waals surface area contributed by atoms with Crippen molar-refractivity contribution >= 4 is 74.4 Å². The van der Waals surface area contributed by atoms with Gasteiger partial charge < -0.3 is 74.4 Å². The van der Waals surface area contributed by atoms with Crippen molar-refractivity contribution in [3.8, 4) is 23.0 Å². The van der Waals surface area contributed by atoms with E-state index in [0.29, 0.717) is 129 Å². The average Bonchev–Trinajstić information content (AvgIpc) is 2.34.